The molecular formula is C10H12BrN3O4. The lowest BCUT2D eigenvalue weighted by molar-refractivity contribution is -0.384. The van der Waals surface area contributed by atoms with Gasteiger partial charge in [-0.05, 0) is 22.4 Å². The molecule has 1 heterocycles. The number of aromatic nitrogens is 1. The number of carboxylic acid groups (broad SMARTS) is 1. The minimum Gasteiger partial charge on any atom is -0.480 e. The highest BCUT2D eigenvalue weighted by atomic mass is 79.9. The van der Waals surface area contributed by atoms with Crippen molar-refractivity contribution in [3.8, 4) is 0 Å². The van der Waals surface area contributed by atoms with Gasteiger partial charge in [0.1, 0.15) is 18.4 Å². The molecule has 1 aromatic heterocycles. The Morgan fingerprint density at radius 3 is 2.78 bits per heavy atom. The zero-order valence-corrected chi connectivity index (χ0v) is 11.3. The number of nitro groups is 1. The SMILES string of the molecule is CCCN(CC(=O)O)c1c(Br)cncc1[N+](=O)[O-]. The highest BCUT2D eigenvalue weighted by Gasteiger charge is 2.24. The van der Waals surface area contributed by atoms with Gasteiger partial charge in [-0.15, -0.1) is 0 Å². The third-order valence-corrected chi connectivity index (χ3v) is 2.77. The molecule has 0 saturated heterocycles. The highest BCUT2D eigenvalue weighted by molar-refractivity contribution is 9.10. The number of anilines is 1. The lowest BCUT2D eigenvalue weighted by Gasteiger charge is -2.22. The first-order valence-electron chi connectivity index (χ1n) is 5.22. The summed E-state index contributed by atoms with van der Waals surface area (Å²) in [5.41, 5.74) is 0.0401. The summed E-state index contributed by atoms with van der Waals surface area (Å²) >= 11 is 3.17. The second-order valence-electron chi connectivity index (χ2n) is 3.56. The van der Waals surface area contributed by atoms with E-state index in [0.29, 0.717) is 17.4 Å². The van der Waals surface area contributed by atoms with Crippen LogP contribution in [-0.2, 0) is 4.79 Å². The number of carbonyl (C=O) groups is 1. The molecule has 0 saturated carbocycles. The minimum absolute atomic E-state index is 0.209. The number of hydrogen-bond acceptors (Lipinski definition) is 5. The van der Waals surface area contributed by atoms with E-state index >= 15 is 0 Å². The Hall–Kier alpha value is -1.70. The quantitative estimate of drug-likeness (QED) is 0.637. The molecule has 0 atom stereocenters. The van der Waals surface area contributed by atoms with Crippen LogP contribution in [0.25, 0.3) is 0 Å². The fourth-order valence-corrected chi connectivity index (χ4v) is 2.14. The number of hydrogen-bond donors (Lipinski definition) is 1. The van der Waals surface area contributed by atoms with Crippen molar-refractivity contribution < 1.29 is 14.8 Å². The minimum atomic E-state index is -1.04. The zero-order chi connectivity index (χ0) is 13.7. The van der Waals surface area contributed by atoms with Crippen LogP contribution in [-0.4, -0.2) is 34.1 Å². The van der Waals surface area contributed by atoms with Gasteiger partial charge in [-0.1, -0.05) is 6.92 Å². The molecular weight excluding hydrogens is 306 g/mol. The maximum Gasteiger partial charge on any atom is 0.323 e. The van der Waals surface area contributed by atoms with Crippen LogP contribution in [0.5, 0.6) is 0 Å². The molecule has 0 aliphatic rings. The van der Waals surface area contributed by atoms with Crippen LogP contribution in [0.3, 0.4) is 0 Å². The first kappa shape index (κ1) is 14.4. The standard InChI is InChI=1S/C10H12BrN3O4/c1-2-3-13(6-9(15)16)10-7(11)4-12-5-8(10)14(17)18/h4-5H,2-3,6H2,1H3,(H,15,16). The van der Waals surface area contributed by atoms with Crippen molar-refractivity contribution in [1.82, 2.24) is 4.98 Å². The number of rotatable bonds is 6. The van der Waals surface area contributed by atoms with Gasteiger partial charge in [-0.25, -0.2) is 0 Å². The Bertz CT molecular complexity index is 466. The molecule has 0 aliphatic carbocycles. The van der Waals surface area contributed by atoms with Gasteiger partial charge in [0.2, 0.25) is 0 Å². The van der Waals surface area contributed by atoms with Crippen LogP contribution < -0.4 is 4.90 Å². The number of carboxylic acids is 1. The van der Waals surface area contributed by atoms with E-state index in [0.717, 1.165) is 6.20 Å². The predicted molar refractivity (Wildman–Crippen MR) is 68.7 cm³/mol. The summed E-state index contributed by atoms with van der Waals surface area (Å²) in [6.45, 7) is 1.99. The normalized spacial score (nSPS) is 10.1. The maximum absolute atomic E-state index is 10.9. The molecule has 0 bridgehead atoms. The number of aliphatic carboxylic acids is 1. The van der Waals surface area contributed by atoms with E-state index in [1.54, 1.807) is 0 Å². The van der Waals surface area contributed by atoms with Crippen LogP contribution in [0.15, 0.2) is 16.9 Å². The summed E-state index contributed by atoms with van der Waals surface area (Å²) in [6, 6.07) is 0. The van der Waals surface area contributed by atoms with Crippen LogP contribution >= 0.6 is 15.9 Å². The van der Waals surface area contributed by atoms with Gasteiger partial charge in [0.25, 0.3) is 0 Å². The molecule has 0 aliphatic heterocycles. The van der Waals surface area contributed by atoms with E-state index in [-0.39, 0.29) is 17.9 Å². The predicted octanol–water partition coefficient (Wildman–Crippen LogP) is 2.05. The van der Waals surface area contributed by atoms with E-state index in [1.165, 1.54) is 11.1 Å². The van der Waals surface area contributed by atoms with Crippen molar-refractivity contribution in [3.05, 3.63) is 27.0 Å². The monoisotopic (exact) mass is 317 g/mol. The maximum atomic E-state index is 10.9. The van der Waals surface area contributed by atoms with E-state index in [1.807, 2.05) is 6.92 Å². The largest absolute Gasteiger partial charge is 0.480 e. The molecule has 98 valence electrons. The molecule has 0 amide bonds. The summed E-state index contributed by atoms with van der Waals surface area (Å²) in [5.74, 6) is -1.04. The number of halogens is 1. The Kier molecular flexibility index (Phi) is 5.02. The molecule has 1 aromatic rings. The Balaban J connectivity index is 3.24. The van der Waals surface area contributed by atoms with Crippen LogP contribution in [0.1, 0.15) is 13.3 Å². The first-order valence-corrected chi connectivity index (χ1v) is 6.01. The van der Waals surface area contributed by atoms with Crippen molar-refractivity contribution >= 4 is 33.3 Å². The van der Waals surface area contributed by atoms with Gasteiger partial charge in [0.15, 0.2) is 0 Å². The molecule has 0 unspecified atom stereocenters. The van der Waals surface area contributed by atoms with Crippen molar-refractivity contribution in [1.29, 1.82) is 0 Å². The Morgan fingerprint density at radius 1 is 1.61 bits per heavy atom. The van der Waals surface area contributed by atoms with Crippen molar-refractivity contribution in [2.45, 2.75) is 13.3 Å². The number of nitrogens with zero attached hydrogens (tertiary/aromatic N) is 3. The second kappa shape index (κ2) is 6.29. The molecule has 18 heavy (non-hydrogen) atoms. The molecule has 0 spiro atoms. The van der Waals surface area contributed by atoms with Gasteiger partial charge in [-0.3, -0.25) is 19.9 Å². The number of pyridine rings is 1. The second-order valence-corrected chi connectivity index (χ2v) is 4.42. The molecule has 0 radical (unpaired) electrons. The van der Waals surface area contributed by atoms with E-state index < -0.39 is 10.9 Å². The van der Waals surface area contributed by atoms with Gasteiger partial charge in [0.05, 0.1) is 9.40 Å². The van der Waals surface area contributed by atoms with E-state index in [4.69, 9.17) is 5.11 Å². The molecule has 0 fully saturated rings. The summed E-state index contributed by atoms with van der Waals surface area (Å²) < 4.78 is 0.409. The third kappa shape index (κ3) is 3.39. The third-order valence-electron chi connectivity index (χ3n) is 2.19. The highest BCUT2D eigenvalue weighted by Crippen LogP contribution is 2.34. The van der Waals surface area contributed by atoms with Gasteiger partial charge in [0, 0.05) is 12.7 Å². The Morgan fingerprint density at radius 2 is 2.28 bits per heavy atom. The molecule has 0 aromatic carbocycles. The first-order chi connectivity index (χ1) is 8.47. The molecule has 8 heteroatoms. The van der Waals surface area contributed by atoms with Gasteiger partial charge >= 0.3 is 11.7 Å². The fraction of sp³-hybridized carbons (Fsp3) is 0.400. The van der Waals surface area contributed by atoms with E-state index in [2.05, 4.69) is 20.9 Å². The Labute approximate surface area is 112 Å². The average molecular weight is 318 g/mol. The van der Waals surface area contributed by atoms with Gasteiger partial charge in [-0.2, -0.15) is 0 Å². The lowest BCUT2D eigenvalue weighted by Crippen LogP contribution is -2.31. The lowest BCUT2D eigenvalue weighted by atomic mass is 10.3. The van der Waals surface area contributed by atoms with Crippen LogP contribution in [0, 0.1) is 10.1 Å². The van der Waals surface area contributed by atoms with E-state index in [9.17, 15) is 14.9 Å². The summed E-state index contributed by atoms with van der Waals surface area (Å²) in [6.07, 6.45) is 3.21. The van der Waals surface area contributed by atoms with Crippen molar-refractivity contribution in [2.24, 2.45) is 0 Å². The topological polar surface area (TPSA) is 96.6 Å². The summed E-state index contributed by atoms with van der Waals surface area (Å²) in [5, 5.41) is 19.8. The van der Waals surface area contributed by atoms with Gasteiger partial charge < -0.3 is 10.0 Å². The molecule has 7 nitrogen and oxygen atoms in total. The smallest absolute Gasteiger partial charge is 0.323 e. The zero-order valence-electron chi connectivity index (χ0n) is 9.67. The van der Waals surface area contributed by atoms with Crippen molar-refractivity contribution in [3.63, 3.8) is 0 Å². The molecule has 1 rings (SSSR count). The van der Waals surface area contributed by atoms with Crippen LogP contribution in [0.2, 0.25) is 0 Å². The molecule has 1 N–H and O–H groups in total. The fourth-order valence-electron chi connectivity index (χ4n) is 1.57. The average Bonchev–Trinajstić information content (AvgIpc) is 2.27. The van der Waals surface area contributed by atoms with Crippen LogP contribution in [0.4, 0.5) is 11.4 Å². The van der Waals surface area contributed by atoms with Crippen molar-refractivity contribution in [2.75, 3.05) is 18.0 Å². The summed E-state index contributed by atoms with van der Waals surface area (Å²) in [4.78, 5) is 26.4. The summed E-state index contributed by atoms with van der Waals surface area (Å²) in [7, 11) is 0.